The van der Waals surface area contributed by atoms with E-state index in [0.29, 0.717) is 40.3 Å². The quantitative estimate of drug-likeness (QED) is 0.353. The van der Waals surface area contributed by atoms with Crippen LogP contribution in [0.1, 0.15) is 49.5 Å². The number of halogens is 2. The van der Waals surface area contributed by atoms with E-state index in [1.807, 2.05) is 18.2 Å². The Bertz CT molecular complexity index is 1070. The largest absolute Gasteiger partial charge is 0.491 e. The van der Waals surface area contributed by atoms with E-state index in [1.165, 1.54) is 0 Å². The van der Waals surface area contributed by atoms with Gasteiger partial charge in [-0.15, -0.1) is 0 Å². The Balaban J connectivity index is 0.000000212. The standard InChI is InChI=1S/C17H25NO3.C9H10Cl2N4/c1-17(2,3)18-10-12(19)11-21-16-9-5-6-13-14(16)7-4-8-15(13)20;10-6-3-5(12)4-7(11)8(6)15-9-13-1-2-14-9/h5-6,9,12,18-19H,4,7-8,10-11H2,1-3H3;3-4H,1-2,12H2,(H2,13,14,15)/t12-;/m0./s1. The molecule has 0 amide bonds. The monoisotopic (exact) mass is 535 g/mol. The number of nitrogens with two attached hydrogens (primary N) is 1. The van der Waals surface area contributed by atoms with Crippen LogP contribution in [0.25, 0.3) is 0 Å². The highest BCUT2D eigenvalue weighted by atomic mass is 35.5. The Hall–Kier alpha value is -2.52. The van der Waals surface area contributed by atoms with Crippen molar-refractivity contribution in [3.63, 3.8) is 0 Å². The molecular weight excluding hydrogens is 501 g/mol. The van der Waals surface area contributed by atoms with E-state index in [4.69, 9.17) is 33.7 Å². The molecule has 36 heavy (non-hydrogen) atoms. The van der Waals surface area contributed by atoms with E-state index in [9.17, 15) is 9.90 Å². The summed E-state index contributed by atoms with van der Waals surface area (Å²) in [4.78, 5) is 16.1. The molecule has 0 saturated carbocycles. The summed E-state index contributed by atoms with van der Waals surface area (Å²) in [5.74, 6) is 1.61. The highest BCUT2D eigenvalue weighted by Crippen LogP contribution is 2.35. The summed E-state index contributed by atoms with van der Waals surface area (Å²) in [7, 11) is 0. The minimum atomic E-state index is -0.570. The predicted molar refractivity (Wildman–Crippen MR) is 147 cm³/mol. The highest BCUT2D eigenvalue weighted by molar-refractivity contribution is 6.39. The molecule has 0 radical (unpaired) electrons. The molecule has 2 aliphatic rings. The van der Waals surface area contributed by atoms with Crippen LogP contribution in [0, 0.1) is 0 Å². The number of nitrogens with one attached hydrogen (secondary N) is 3. The second-order valence-corrected chi connectivity index (χ2v) is 10.6. The van der Waals surface area contributed by atoms with Crippen molar-refractivity contribution in [1.82, 2.24) is 16.0 Å². The number of nitrogens with zero attached hydrogens (tertiary/aromatic N) is 1. The molecule has 1 atom stereocenters. The number of hydrogen-bond acceptors (Lipinski definition) is 6. The number of hydrogen-bond donors (Lipinski definition) is 5. The third-order valence-electron chi connectivity index (χ3n) is 5.54. The maximum absolute atomic E-state index is 11.9. The average molecular weight is 537 g/mol. The molecule has 1 saturated heterocycles. The van der Waals surface area contributed by atoms with Gasteiger partial charge in [-0.2, -0.15) is 0 Å². The van der Waals surface area contributed by atoms with Gasteiger partial charge in [-0.1, -0.05) is 35.3 Å². The molecule has 1 aliphatic carbocycles. The van der Waals surface area contributed by atoms with Gasteiger partial charge in [0.2, 0.25) is 0 Å². The fraction of sp³-hybridized carbons (Fsp3) is 0.462. The Morgan fingerprint density at radius 3 is 2.47 bits per heavy atom. The zero-order valence-corrected chi connectivity index (χ0v) is 22.5. The summed E-state index contributed by atoms with van der Waals surface area (Å²) < 4.78 is 5.74. The van der Waals surface area contributed by atoms with E-state index in [0.717, 1.165) is 42.8 Å². The molecular formula is C26H35Cl2N5O3. The fourth-order valence-electron chi connectivity index (χ4n) is 3.76. The normalized spacial score (nSPS) is 15.7. The van der Waals surface area contributed by atoms with Crippen molar-refractivity contribution >= 4 is 46.3 Å². The van der Waals surface area contributed by atoms with Crippen molar-refractivity contribution in [1.29, 1.82) is 0 Å². The molecule has 10 heteroatoms. The lowest BCUT2D eigenvalue weighted by molar-refractivity contribution is 0.0957. The first-order chi connectivity index (χ1) is 17.0. The number of ketones is 1. The molecule has 1 fully saturated rings. The van der Waals surface area contributed by atoms with Crippen LogP contribution in [0.2, 0.25) is 10.0 Å². The van der Waals surface area contributed by atoms with Crippen LogP contribution < -0.4 is 26.4 Å². The number of carbonyl (C=O) groups excluding carboxylic acids is 1. The number of β-amino-alcohol motifs (C(OH)–C–C–N with tert-alkyl or cyclic N) is 1. The lowest BCUT2D eigenvalue weighted by Gasteiger charge is -2.24. The third kappa shape index (κ3) is 8.27. The Morgan fingerprint density at radius 2 is 1.83 bits per heavy atom. The van der Waals surface area contributed by atoms with E-state index >= 15 is 0 Å². The number of guanidine groups is 1. The first-order valence-electron chi connectivity index (χ1n) is 12.1. The number of aliphatic hydroxyl groups excluding tert-OH is 1. The highest BCUT2D eigenvalue weighted by Gasteiger charge is 2.21. The number of carbonyl (C=O) groups is 1. The SMILES string of the molecule is CC(C)(C)NC[C@H](O)COc1cccc2c1CCCC2=O.Nc1cc(Cl)c(N=C2NCCN2)c(Cl)c1. The molecule has 0 bridgehead atoms. The lowest BCUT2D eigenvalue weighted by Crippen LogP contribution is -2.42. The number of nitrogen functional groups attached to an aromatic ring is 1. The van der Waals surface area contributed by atoms with Crippen molar-refractivity contribution < 1.29 is 14.6 Å². The summed E-state index contributed by atoms with van der Waals surface area (Å²) in [6.45, 7) is 8.58. The third-order valence-corrected chi connectivity index (χ3v) is 6.11. The average Bonchev–Trinajstić information content (AvgIpc) is 3.32. The van der Waals surface area contributed by atoms with Gasteiger partial charge < -0.3 is 31.5 Å². The van der Waals surface area contributed by atoms with Crippen LogP contribution in [0.3, 0.4) is 0 Å². The predicted octanol–water partition coefficient (Wildman–Crippen LogP) is 4.09. The number of aliphatic hydroxyl groups is 1. The Morgan fingerprint density at radius 1 is 1.17 bits per heavy atom. The molecule has 2 aromatic carbocycles. The van der Waals surface area contributed by atoms with E-state index in [1.54, 1.807) is 12.1 Å². The van der Waals surface area contributed by atoms with Crippen molar-refractivity contribution in [3.8, 4) is 5.75 Å². The topological polar surface area (TPSA) is 121 Å². The Kier molecular flexibility index (Phi) is 9.84. The van der Waals surface area contributed by atoms with Crippen LogP contribution in [-0.4, -0.2) is 54.7 Å². The number of fused-ring (bicyclic) bond motifs is 1. The second kappa shape index (κ2) is 12.6. The molecule has 6 N–H and O–H groups in total. The van der Waals surface area contributed by atoms with Gasteiger partial charge in [0.25, 0.3) is 0 Å². The number of aliphatic imine (C=N–C) groups is 1. The maximum Gasteiger partial charge on any atom is 0.196 e. The number of rotatable bonds is 6. The van der Waals surface area contributed by atoms with Gasteiger partial charge in [0.15, 0.2) is 11.7 Å². The zero-order chi connectivity index (χ0) is 26.3. The summed E-state index contributed by atoms with van der Waals surface area (Å²) >= 11 is 12.0. The van der Waals surface area contributed by atoms with E-state index in [2.05, 4.69) is 41.7 Å². The van der Waals surface area contributed by atoms with Gasteiger partial charge in [0, 0.05) is 48.4 Å². The number of benzene rings is 2. The number of anilines is 1. The maximum atomic E-state index is 11.9. The van der Waals surface area contributed by atoms with Gasteiger partial charge in [-0.05, 0) is 51.8 Å². The van der Waals surface area contributed by atoms with E-state index < -0.39 is 6.10 Å². The van der Waals surface area contributed by atoms with Gasteiger partial charge in [0.05, 0.1) is 10.0 Å². The molecule has 2 aromatic rings. The molecule has 1 heterocycles. The molecule has 0 unspecified atom stereocenters. The first-order valence-corrected chi connectivity index (χ1v) is 12.8. The van der Waals surface area contributed by atoms with Crippen LogP contribution in [0.4, 0.5) is 11.4 Å². The van der Waals surface area contributed by atoms with Crippen molar-refractivity contribution in [2.24, 2.45) is 4.99 Å². The van der Waals surface area contributed by atoms with Crippen molar-refractivity contribution in [2.75, 3.05) is 32.0 Å². The molecule has 1 aliphatic heterocycles. The van der Waals surface area contributed by atoms with Gasteiger partial charge in [0.1, 0.15) is 24.1 Å². The molecule has 0 spiro atoms. The molecule has 0 aromatic heterocycles. The second-order valence-electron chi connectivity index (χ2n) is 9.80. The summed E-state index contributed by atoms with van der Waals surface area (Å²) in [6, 6.07) is 8.84. The minimum absolute atomic E-state index is 0.0285. The molecule has 196 valence electrons. The summed E-state index contributed by atoms with van der Waals surface area (Å²) in [6.07, 6.45) is 1.79. The summed E-state index contributed by atoms with van der Waals surface area (Å²) in [5, 5.41) is 20.2. The van der Waals surface area contributed by atoms with Crippen molar-refractivity contribution in [2.45, 2.75) is 51.7 Å². The van der Waals surface area contributed by atoms with Crippen LogP contribution >= 0.6 is 23.2 Å². The number of ether oxygens (including phenoxy) is 1. The molecule has 8 nitrogen and oxygen atoms in total. The molecule has 4 rings (SSSR count). The first kappa shape index (κ1) is 28.1. The van der Waals surface area contributed by atoms with E-state index in [-0.39, 0.29) is 17.9 Å². The lowest BCUT2D eigenvalue weighted by atomic mass is 9.90. The zero-order valence-electron chi connectivity index (χ0n) is 21.0. The fourth-order valence-corrected chi connectivity index (χ4v) is 4.34. The van der Waals surface area contributed by atoms with Gasteiger partial charge >= 0.3 is 0 Å². The van der Waals surface area contributed by atoms with Crippen LogP contribution in [-0.2, 0) is 6.42 Å². The smallest absolute Gasteiger partial charge is 0.196 e. The van der Waals surface area contributed by atoms with Crippen LogP contribution in [0.15, 0.2) is 35.3 Å². The summed E-state index contributed by atoms with van der Waals surface area (Å²) in [5.41, 5.74) is 8.39. The van der Waals surface area contributed by atoms with Crippen LogP contribution in [0.5, 0.6) is 5.75 Å². The van der Waals surface area contributed by atoms with Gasteiger partial charge in [-0.25, -0.2) is 4.99 Å². The minimum Gasteiger partial charge on any atom is -0.491 e. The van der Waals surface area contributed by atoms with Crippen molar-refractivity contribution in [3.05, 3.63) is 51.5 Å². The Labute approximate surface area is 222 Å². The van der Waals surface area contributed by atoms with Gasteiger partial charge in [-0.3, -0.25) is 4.79 Å². The number of Topliss-reactive ketones (excluding diaryl/α,β-unsaturated/α-hetero) is 1.